The lowest BCUT2D eigenvalue weighted by Gasteiger charge is -2.29. The molecule has 0 aromatic heterocycles. The van der Waals surface area contributed by atoms with Gasteiger partial charge in [0, 0.05) is 12.6 Å². The van der Waals surface area contributed by atoms with Crippen molar-refractivity contribution >= 4 is 22.3 Å². The van der Waals surface area contributed by atoms with Gasteiger partial charge in [-0.1, -0.05) is 0 Å². The minimum Gasteiger partial charge on any atom is -0.309 e. The lowest BCUT2D eigenvalue weighted by atomic mass is 10.0. The summed E-state index contributed by atoms with van der Waals surface area (Å²) in [7, 11) is -4.79. The van der Waals surface area contributed by atoms with Crippen molar-refractivity contribution in [2.75, 3.05) is 6.54 Å². The number of urea groups is 1. The van der Waals surface area contributed by atoms with Gasteiger partial charge in [-0.2, -0.15) is 13.5 Å². The van der Waals surface area contributed by atoms with Crippen LogP contribution in [0.3, 0.4) is 0 Å². The van der Waals surface area contributed by atoms with Crippen molar-refractivity contribution in [1.82, 2.24) is 20.8 Å². The average Bonchev–Trinajstić information content (AvgIpc) is 3.07. The van der Waals surface area contributed by atoms with Gasteiger partial charge < -0.3 is 4.90 Å². The van der Waals surface area contributed by atoms with Gasteiger partial charge in [0.1, 0.15) is 12.3 Å². The van der Waals surface area contributed by atoms with Crippen molar-refractivity contribution < 1.29 is 31.7 Å². The maximum absolute atomic E-state index is 12.3. The summed E-state index contributed by atoms with van der Waals surface area (Å²) in [6.45, 7) is 0.151. The van der Waals surface area contributed by atoms with Crippen LogP contribution >= 0.6 is 0 Å². The van der Waals surface area contributed by atoms with Crippen LogP contribution in [-0.4, -0.2) is 65.8 Å². The van der Waals surface area contributed by atoms with Gasteiger partial charge in [0.25, 0.3) is 5.91 Å². The van der Waals surface area contributed by atoms with E-state index in [-0.39, 0.29) is 12.8 Å². The third-order valence-corrected chi connectivity index (χ3v) is 5.29. The van der Waals surface area contributed by atoms with Crippen LogP contribution in [0.1, 0.15) is 25.7 Å². The van der Waals surface area contributed by atoms with Gasteiger partial charge in [0.15, 0.2) is 0 Å². The predicted octanol–water partition coefficient (Wildman–Crippen LogP) is -1.25. The Morgan fingerprint density at radius 3 is 2.79 bits per heavy atom. The van der Waals surface area contributed by atoms with Gasteiger partial charge in [-0.05, 0) is 31.6 Å². The second kappa shape index (κ2) is 5.52. The van der Waals surface area contributed by atoms with Crippen LogP contribution in [0.5, 0.6) is 0 Å². The highest BCUT2D eigenvalue weighted by atomic mass is 32.3. The first kappa shape index (κ1) is 16.0. The van der Waals surface area contributed by atoms with Crippen LogP contribution in [0.15, 0.2) is 0 Å². The first-order valence-electron chi connectivity index (χ1n) is 7.80. The fourth-order valence-corrected chi connectivity index (χ4v) is 4.07. The molecule has 0 aromatic carbocycles. The zero-order valence-corrected chi connectivity index (χ0v) is 13.4. The molecule has 0 aromatic rings. The molecule has 3 N–H and O–H groups in total. The van der Waals surface area contributed by atoms with E-state index in [1.165, 1.54) is 4.90 Å². The highest BCUT2D eigenvalue weighted by molar-refractivity contribution is 7.80. The minimum atomic E-state index is -4.79. The molecule has 4 rings (SSSR count). The average molecular weight is 362 g/mol. The zero-order valence-electron chi connectivity index (χ0n) is 12.6. The SMILES string of the molecule is O=C(NOC1CC2CC2N1)[C@@H]1CC[C@@H]2CN1C(=O)N2OS(=O)(=O)O. The van der Waals surface area contributed by atoms with Crippen LogP contribution in [-0.2, 0) is 24.3 Å². The zero-order chi connectivity index (χ0) is 17.1. The smallest absolute Gasteiger partial charge is 0.309 e. The molecule has 4 aliphatic rings. The Labute approximate surface area is 138 Å². The van der Waals surface area contributed by atoms with Crippen molar-refractivity contribution in [3.63, 3.8) is 0 Å². The Hall–Kier alpha value is -1.47. The van der Waals surface area contributed by atoms with Crippen molar-refractivity contribution in [3.8, 4) is 0 Å². The largest absolute Gasteiger partial charge is 0.418 e. The van der Waals surface area contributed by atoms with Crippen LogP contribution in [0.2, 0.25) is 0 Å². The normalized spacial score (nSPS) is 37.5. The molecule has 1 aliphatic carbocycles. The number of carbonyl (C=O) groups is 2. The Morgan fingerprint density at radius 2 is 2.12 bits per heavy atom. The minimum absolute atomic E-state index is 0.151. The van der Waals surface area contributed by atoms with Gasteiger partial charge in [0.2, 0.25) is 0 Å². The van der Waals surface area contributed by atoms with Gasteiger partial charge in [-0.3, -0.25) is 19.5 Å². The molecule has 3 aliphatic heterocycles. The van der Waals surface area contributed by atoms with E-state index >= 15 is 0 Å². The van der Waals surface area contributed by atoms with E-state index in [9.17, 15) is 18.0 Å². The molecular weight excluding hydrogens is 344 g/mol. The van der Waals surface area contributed by atoms with E-state index < -0.39 is 34.4 Å². The van der Waals surface area contributed by atoms with E-state index in [0.717, 1.165) is 12.8 Å². The van der Waals surface area contributed by atoms with Crippen LogP contribution in [0, 0.1) is 5.92 Å². The number of rotatable bonds is 5. The highest BCUT2D eigenvalue weighted by Crippen LogP contribution is 2.40. The number of nitrogens with one attached hydrogen (secondary N) is 2. The molecule has 5 atom stereocenters. The summed E-state index contributed by atoms with van der Waals surface area (Å²) in [5.41, 5.74) is 2.38. The highest BCUT2D eigenvalue weighted by Gasteiger charge is 2.50. The molecular formula is C12H18N4O7S. The number of nitrogens with zero attached hydrogens (tertiary/aromatic N) is 2. The fourth-order valence-electron chi connectivity index (χ4n) is 3.68. The number of hydrogen-bond donors (Lipinski definition) is 3. The van der Waals surface area contributed by atoms with E-state index in [1.807, 2.05) is 0 Å². The van der Waals surface area contributed by atoms with Gasteiger partial charge in [0.05, 0.1) is 6.04 Å². The van der Waals surface area contributed by atoms with E-state index in [1.54, 1.807) is 0 Å². The Balaban J connectivity index is 1.35. The number of piperidine rings is 2. The predicted molar refractivity (Wildman–Crippen MR) is 76.0 cm³/mol. The number of amides is 3. The molecule has 1 saturated carbocycles. The Bertz CT molecular complexity index is 660. The van der Waals surface area contributed by atoms with E-state index in [4.69, 9.17) is 9.39 Å². The van der Waals surface area contributed by atoms with Crippen LogP contribution in [0.25, 0.3) is 0 Å². The molecule has 2 bridgehead atoms. The van der Waals surface area contributed by atoms with Gasteiger partial charge in [-0.25, -0.2) is 10.3 Å². The summed E-state index contributed by atoms with van der Waals surface area (Å²) < 4.78 is 34.7. The molecule has 3 saturated heterocycles. The molecule has 3 heterocycles. The fraction of sp³-hybridized carbons (Fsp3) is 0.833. The number of fused-ring (bicyclic) bond motifs is 3. The van der Waals surface area contributed by atoms with Gasteiger partial charge in [-0.15, -0.1) is 4.28 Å². The molecule has 11 nitrogen and oxygen atoms in total. The molecule has 0 radical (unpaired) electrons. The number of hydrogen-bond acceptors (Lipinski definition) is 7. The van der Waals surface area contributed by atoms with Crippen molar-refractivity contribution in [2.45, 2.75) is 50.0 Å². The Kier molecular flexibility index (Phi) is 3.69. The second-order valence-electron chi connectivity index (χ2n) is 6.59. The lowest BCUT2D eigenvalue weighted by Crippen LogP contribution is -2.51. The van der Waals surface area contributed by atoms with E-state index in [2.05, 4.69) is 15.1 Å². The lowest BCUT2D eigenvalue weighted by molar-refractivity contribution is -0.145. The van der Waals surface area contributed by atoms with Crippen LogP contribution in [0.4, 0.5) is 4.79 Å². The molecule has 3 unspecified atom stereocenters. The summed E-state index contributed by atoms with van der Waals surface area (Å²) in [5, 5.41) is 3.83. The topological polar surface area (TPSA) is 138 Å². The molecule has 24 heavy (non-hydrogen) atoms. The second-order valence-corrected chi connectivity index (χ2v) is 7.59. The third-order valence-electron chi connectivity index (χ3n) is 4.94. The molecule has 0 spiro atoms. The summed E-state index contributed by atoms with van der Waals surface area (Å²) in [5.74, 6) is 0.159. The summed E-state index contributed by atoms with van der Waals surface area (Å²) in [4.78, 5) is 31.1. The molecule has 12 heteroatoms. The van der Waals surface area contributed by atoms with E-state index in [0.29, 0.717) is 29.9 Å². The Morgan fingerprint density at radius 1 is 1.33 bits per heavy atom. The first-order valence-corrected chi connectivity index (χ1v) is 9.17. The molecule has 134 valence electrons. The van der Waals surface area contributed by atoms with Crippen molar-refractivity contribution in [3.05, 3.63) is 0 Å². The monoisotopic (exact) mass is 362 g/mol. The van der Waals surface area contributed by atoms with Crippen molar-refractivity contribution in [2.24, 2.45) is 5.92 Å². The summed E-state index contributed by atoms with van der Waals surface area (Å²) in [6, 6.07) is -1.57. The number of hydroxylamine groups is 3. The maximum atomic E-state index is 12.3. The standard InChI is InChI=1S/C12H18N4O7S/c17-11(14-22-10-4-6-3-8(6)13-10)9-2-1-7-5-15(9)12(18)16(7)23-24(19,20)21/h6-10,13H,1-5H2,(H,14,17)(H,19,20,21)/t6?,7-,8?,9+,10?/m1/s1. The quantitative estimate of drug-likeness (QED) is 0.407. The van der Waals surface area contributed by atoms with Crippen LogP contribution < -0.4 is 10.8 Å². The first-order chi connectivity index (χ1) is 11.3. The summed E-state index contributed by atoms with van der Waals surface area (Å²) in [6.07, 6.45) is 2.49. The molecule has 4 fully saturated rings. The molecule has 3 amide bonds. The van der Waals surface area contributed by atoms with Crippen molar-refractivity contribution in [1.29, 1.82) is 0 Å². The number of carbonyl (C=O) groups excluding carboxylic acids is 2. The third kappa shape index (κ3) is 2.95. The summed E-state index contributed by atoms with van der Waals surface area (Å²) >= 11 is 0. The van der Waals surface area contributed by atoms with Gasteiger partial charge >= 0.3 is 16.4 Å². The maximum Gasteiger partial charge on any atom is 0.418 e.